The lowest BCUT2D eigenvalue weighted by atomic mass is 9.90. The molecule has 2 aliphatic rings. The fourth-order valence-corrected chi connectivity index (χ4v) is 3.78. The summed E-state index contributed by atoms with van der Waals surface area (Å²) in [6, 6.07) is 9.85. The number of amides is 1. The molecule has 2 aliphatic heterocycles. The van der Waals surface area contributed by atoms with Crippen LogP contribution in [0.15, 0.2) is 36.5 Å². The van der Waals surface area contributed by atoms with E-state index in [9.17, 15) is 4.79 Å². The number of piperidine rings is 1. The van der Waals surface area contributed by atoms with E-state index in [-0.39, 0.29) is 11.5 Å². The molecule has 6 nitrogen and oxygen atoms in total. The highest BCUT2D eigenvalue weighted by molar-refractivity contribution is 5.92. The molecule has 0 N–H and O–H groups in total. The topological polar surface area (TPSA) is 50.6 Å². The first kappa shape index (κ1) is 16.1. The van der Waals surface area contributed by atoms with Crippen LogP contribution >= 0.6 is 0 Å². The van der Waals surface area contributed by atoms with Gasteiger partial charge in [0.1, 0.15) is 17.0 Å². The van der Waals surface area contributed by atoms with E-state index in [0.29, 0.717) is 18.8 Å². The van der Waals surface area contributed by atoms with Crippen molar-refractivity contribution in [3.8, 4) is 5.75 Å². The Bertz CT molecular complexity index is 777. The maximum atomic E-state index is 13.1. The second kappa shape index (κ2) is 6.19. The molecule has 132 valence electrons. The maximum absolute atomic E-state index is 13.1. The summed E-state index contributed by atoms with van der Waals surface area (Å²) < 4.78 is 8.16. The highest BCUT2D eigenvalue weighted by atomic mass is 16.5. The Morgan fingerprint density at radius 3 is 2.64 bits per heavy atom. The number of nitrogens with zero attached hydrogens (tertiary/aromatic N) is 4. The van der Waals surface area contributed by atoms with Gasteiger partial charge in [0.25, 0.3) is 5.91 Å². The minimum atomic E-state index is -0.312. The minimum absolute atomic E-state index is 0.0126. The molecule has 3 heterocycles. The second-order valence-electron chi connectivity index (χ2n) is 7.20. The van der Waals surface area contributed by atoms with Crippen LogP contribution in [-0.4, -0.2) is 57.8 Å². The van der Waals surface area contributed by atoms with Gasteiger partial charge < -0.3 is 14.5 Å². The van der Waals surface area contributed by atoms with Gasteiger partial charge in [-0.25, -0.2) is 0 Å². The molecule has 1 aromatic carbocycles. The summed E-state index contributed by atoms with van der Waals surface area (Å²) in [5.41, 5.74) is 1.36. The number of ether oxygens (including phenoxy) is 1. The summed E-state index contributed by atoms with van der Waals surface area (Å²) in [4.78, 5) is 17.4. The van der Waals surface area contributed by atoms with Crippen LogP contribution in [0.1, 0.15) is 28.9 Å². The number of para-hydroxylation sites is 1. The third kappa shape index (κ3) is 3.02. The molecular formula is C19H24N4O2. The smallest absolute Gasteiger partial charge is 0.272 e. The van der Waals surface area contributed by atoms with Gasteiger partial charge in [0.15, 0.2) is 0 Å². The van der Waals surface area contributed by atoms with Crippen molar-refractivity contribution >= 4 is 5.91 Å². The fourth-order valence-electron chi connectivity index (χ4n) is 3.78. The average molecular weight is 340 g/mol. The number of rotatable bonds is 1. The Balaban J connectivity index is 1.70. The van der Waals surface area contributed by atoms with E-state index < -0.39 is 0 Å². The first-order valence-electron chi connectivity index (χ1n) is 8.79. The highest BCUT2D eigenvalue weighted by Crippen LogP contribution is 2.35. The molecule has 1 aromatic heterocycles. The van der Waals surface area contributed by atoms with Crippen molar-refractivity contribution < 1.29 is 9.53 Å². The summed E-state index contributed by atoms with van der Waals surface area (Å²) in [5.74, 6) is 0.922. The Morgan fingerprint density at radius 1 is 1.16 bits per heavy atom. The van der Waals surface area contributed by atoms with Crippen LogP contribution in [0, 0.1) is 0 Å². The van der Waals surface area contributed by atoms with Crippen LogP contribution in [-0.2, 0) is 13.6 Å². The summed E-state index contributed by atoms with van der Waals surface area (Å²) >= 11 is 0. The number of carbonyl (C=O) groups is 1. The average Bonchev–Trinajstić information content (AvgIpc) is 2.96. The van der Waals surface area contributed by atoms with Crippen molar-refractivity contribution in [1.29, 1.82) is 0 Å². The number of aryl methyl sites for hydroxylation is 1. The molecule has 1 amide bonds. The third-order valence-corrected chi connectivity index (χ3v) is 5.36. The van der Waals surface area contributed by atoms with Crippen LogP contribution in [0.25, 0.3) is 0 Å². The Hall–Kier alpha value is -2.34. The quantitative estimate of drug-likeness (QED) is 0.796. The first-order valence-corrected chi connectivity index (χ1v) is 8.79. The summed E-state index contributed by atoms with van der Waals surface area (Å²) in [7, 11) is 3.94. The molecule has 0 bridgehead atoms. The second-order valence-corrected chi connectivity index (χ2v) is 7.20. The van der Waals surface area contributed by atoms with Gasteiger partial charge in [-0.3, -0.25) is 9.48 Å². The van der Waals surface area contributed by atoms with Gasteiger partial charge in [-0.05, 0) is 19.2 Å². The lowest BCUT2D eigenvalue weighted by molar-refractivity contribution is -0.0105. The van der Waals surface area contributed by atoms with Crippen molar-refractivity contribution in [2.75, 3.05) is 26.7 Å². The van der Waals surface area contributed by atoms with Crippen molar-refractivity contribution in [3.63, 3.8) is 0 Å². The molecular weight excluding hydrogens is 316 g/mol. The molecule has 2 aromatic rings. The Kier molecular flexibility index (Phi) is 4.00. The first-order chi connectivity index (χ1) is 12.1. The van der Waals surface area contributed by atoms with E-state index in [4.69, 9.17) is 4.74 Å². The van der Waals surface area contributed by atoms with E-state index in [0.717, 1.165) is 37.2 Å². The van der Waals surface area contributed by atoms with Gasteiger partial charge in [0.05, 0.1) is 6.54 Å². The standard InChI is InChI=1S/C19H24N4O2/c1-21-11-8-19(9-12-21)14-23(18(24)16-7-10-20-22(16)2)13-15-5-3-4-6-17(15)25-19/h3-7,10H,8-9,11-14H2,1-2H3. The van der Waals surface area contributed by atoms with Crippen LogP contribution in [0.2, 0.25) is 0 Å². The Labute approximate surface area is 148 Å². The molecule has 0 atom stereocenters. The number of fused-ring (bicyclic) bond motifs is 1. The molecule has 1 saturated heterocycles. The predicted octanol–water partition coefficient (Wildman–Crippen LogP) is 1.92. The molecule has 25 heavy (non-hydrogen) atoms. The monoisotopic (exact) mass is 340 g/mol. The zero-order valence-corrected chi connectivity index (χ0v) is 14.8. The summed E-state index contributed by atoms with van der Waals surface area (Å²) in [6.45, 7) is 3.14. The molecule has 0 radical (unpaired) electrons. The van der Waals surface area contributed by atoms with E-state index >= 15 is 0 Å². The summed E-state index contributed by atoms with van der Waals surface area (Å²) in [6.07, 6.45) is 3.51. The van der Waals surface area contributed by atoms with Gasteiger partial charge in [-0.2, -0.15) is 5.10 Å². The predicted molar refractivity (Wildman–Crippen MR) is 94.5 cm³/mol. The van der Waals surface area contributed by atoms with Crippen LogP contribution in [0.4, 0.5) is 0 Å². The number of carbonyl (C=O) groups excluding carboxylic acids is 1. The molecule has 1 spiro atoms. The van der Waals surface area contributed by atoms with Gasteiger partial charge in [-0.1, -0.05) is 18.2 Å². The van der Waals surface area contributed by atoms with E-state index in [1.54, 1.807) is 24.0 Å². The van der Waals surface area contributed by atoms with Crippen LogP contribution in [0.5, 0.6) is 5.75 Å². The van der Waals surface area contributed by atoms with Gasteiger partial charge >= 0.3 is 0 Å². The van der Waals surface area contributed by atoms with Crippen LogP contribution in [0.3, 0.4) is 0 Å². The number of likely N-dealkylation sites (tertiary alicyclic amines) is 1. The van der Waals surface area contributed by atoms with E-state index in [1.807, 2.05) is 29.2 Å². The lowest BCUT2D eigenvalue weighted by Gasteiger charge is -2.41. The van der Waals surface area contributed by atoms with Crippen molar-refractivity contribution in [2.24, 2.45) is 7.05 Å². The number of benzene rings is 1. The maximum Gasteiger partial charge on any atom is 0.272 e. The fraction of sp³-hybridized carbons (Fsp3) is 0.474. The van der Waals surface area contributed by atoms with Gasteiger partial charge in [0, 0.05) is 51.3 Å². The SMILES string of the molecule is CN1CCC2(CC1)CN(C(=O)c1ccnn1C)Cc1ccccc1O2. The number of hydrogen-bond donors (Lipinski definition) is 0. The van der Waals surface area contributed by atoms with Gasteiger partial charge in [-0.15, -0.1) is 0 Å². The van der Waals surface area contributed by atoms with E-state index in [2.05, 4.69) is 17.0 Å². The summed E-state index contributed by atoms with van der Waals surface area (Å²) in [5, 5.41) is 4.15. The normalized spacial score (nSPS) is 20.0. The van der Waals surface area contributed by atoms with Gasteiger partial charge in [0.2, 0.25) is 0 Å². The van der Waals surface area contributed by atoms with Crippen LogP contribution < -0.4 is 4.74 Å². The van der Waals surface area contributed by atoms with Crippen molar-refractivity contribution in [3.05, 3.63) is 47.8 Å². The zero-order valence-electron chi connectivity index (χ0n) is 14.8. The van der Waals surface area contributed by atoms with Crippen molar-refractivity contribution in [2.45, 2.75) is 25.0 Å². The molecule has 0 aliphatic carbocycles. The highest BCUT2D eigenvalue weighted by Gasteiger charge is 2.41. The minimum Gasteiger partial charge on any atom is -0.485 e. The molecule has 4 rings (SSSR count). The molecule has 6 heteroatoms. The Morgan fingerprint density at radius 2 is 1.92 bits per heavy atom. The molecule has 0 saturated carbocycles. The largest absolute Gasteiger partial charge is 0.485 e. The number of hydrogen-bond acceptors (Lipinski definition) is 4. The third-order valence-electron chi connectivity index (χ3n) is 5.36. The molecule has 1 fully saturated rings. The van der Waals surface area contributed by atoms with E-state index in [1.165, 1.54) is 0 Å². The zero-order chi connectivity index (χ0) is 17.4. The van der Waals surface area contributed by atoms with Crippen molar-refractivity contribution in [1.82, 2.24) is 19.6 Å². The lowest BCUT2D eigenvalue weighted by Crippen LogP contribution is -2.53. The molecule has 0 unspecified atom stereocenters. The number of aromatic nitrogens is 2.